The molecule has 0 aromatic carbocycles. The van der Waals surface area contributed by atoms with Gasteiger partial charge in [0.2, 0.25) is 0 Å². The van der Waals surface area contributed by atoms with Gasteiger partial charge in [0.25, 0.3) is 0 Å². The molecule has 0 heterocycles. The monoisotopic (exact) mass is 149 g/mol. The van der Waals surface area contributed by atoms with Crippen LogP contribution in [0.2, 0.25) is 0 Å². The quantitative estimate of drug-likeness (QED) is 0.428. The van der Waals surface area contributed by atoms with E-state index in [9.17, 15) is 0 Å². The van der Waals surface area contributed by atoms with Crippen LogP contribution in [-0.2, 0) is 17.1 Å². The Morgan fingerprint density at radius 1 is 0.857 bits per heavy atom. The third-order valence-corrected chi connectivity index (χ3v) is 0.957. The Morgan fingerprint density at radius 2 is 1.14 bits per heavy atom. The second-order valence-electron chi connectivity index (χ2n) is 1.71. The molecule has 0 nitrogen and oxygen atoms in total. The minimum Gasteiger partial charge on any atom is -0.0654 e. The molecule has 0 aromatic rings. The van der Waals surface area contributed by atoms with E-state index in [0.29, 0.717) is 0 Å². The van der Waals surface area contributed by atoms with Gasteiger partial charge in [-0.3, -0.25) is 0 Å². The van der Waals surface area contributed by atoms with Gasteiger partial charge in [0.15, 0.2) is 0 Å². The van der Waals surface area contributed by atoms with E-state index in [0.717, 1.165) is 0 Å². The van der Waals surface area contributed by atoms with E-state index >= 15 is 0 Å². The Bertz CT molecular complexity index is 16.1. The van der Waals surface area contributed by atoms with Gasteiger partial charge in [-0.25, -0.2) is 0 Å². The van der Waals surface area contributed by atoms with E-state index < -0.39 is 0 Å². The molecule has 1 heteroatoms. The van der Waals surface area contributed by atoms with Crippen molar-refractivity contribution in [2.75, 3.05) is 0 Å². The van der Waals surface area contributed by atoms with E-state index in [1.807, 2.05) is 0 Å². The van der Waals surface area contributed by atoms with E-state index in [4.69, 9.17) is 0 Å². The van der Waals surface area contributed by atoms with Gasteiger partial charge in [0.05, 0.1) is 0 Å². The Labute approximate surface area is 57.2 Å². The first kappa shape index (κ1) is 10.5. The fraction of sp³-hybridized carbons (Fsp3) is 1.00. The first-order chi connectivity index (χ1) is 2.91. The summed E-state index contributed by atoms with van der Waals surface area (Å²) in [4.78, 5) is 0. The summed E-state index contributed by atoms with van der Waals surface area (Å²) < 4.78 is 0. The standard InChI is InChI=1S/C6H14.Cu/c1-3-5-6-4-2;/h3-6H2,1-2H3;/q;+2. The maximum absolute atomic E-state index is 2.23. The zero-order valence-electron chi connectivity index (χ0n) is 5.13. The van der Waals surface area contributed by atoms with Crippen molar-refractivity contribution in [3.8, 4) is 0 Å². The average Bonchev–Trinajstić information content (AvgIpc) is 1.61. The van der Waals surface area contributed by atoms with E-state index in [2.05, 4.69) is 13.8 Å². The molecule has 0 aliphatic carbocycles. The molecular formula is C6H14Cu+2. The Kier molecular flexibility index (Phi) is 14.6. The van der Waals surface area contributed by atoms with Crippen molar-refractivity contribution in [2.45, 2.75) is 39.5 Å². The van der Waals surface area contributed by atoms with Gasteiger partial charge in [0.1, 0.15) is 0 Å². The summed E-state index contributed by atoms with van der Waals surface area (Å²) in [6.45, 7) is 4.46. The van der Waals surface area contributed by atoms with Crippen LogP contribution in [0, 0.1) is 0 Å². The fourth-order valence-corrected chi connectivity index (χ4v) is 0.500. The maximum atomic E-state index is 2.23. The molecule has 0 aliphatic heterocycles. The number of hydrogen-bond acceptors (Lipinski definition) is 0. The van der Waals surface area contributed by atoms with Crippen LogP contribution in [0.4, 0.5) is 0 Å². The summed E-state index contributed by atoms with van der Waals surface area (Å²) >= 11 is 0. The summed E-state index contributed by atoms with van der Waals surface area (Å²) in [7, 11) is 0. The van der Waals surface area contributed by atoms with Crippen molar-refractivity contribution in [2.24, 2.45) is 0 Å². The topological polar surface area (TPSA) is 0 Å². The van der Waals surface area contributed by atoms with Crippen LogP contribution in [0.1, 0.15) is 39.5 Å². The molecule has 0 amide bonds. The molecule has 0 aromatic heterocycles. The van der Waals surface area contributed by atoms with Crippen LogP contribution in [0.25, 0.3) is 0 Å². The molecule has 0 unspecified atom stereocenters. The molecule has 0 bridgehead atoms. The smallest absolute Gasteiger partial charge is 0.0654 e. The van der Waals surface area contributed by atoms with Gasteiger partial charge in [-0.05, 0) is 0 Å². The number of unbranched alkanes of at least 4 members (excludes halogenated alkanes) is 3. The average molecular weight is 150 g/mol. The van der Waals surface area contributed by atoms with Gasteiger partial charge in [-0.15, -0.1) is 0 Å². The zero-order valence-corrected chi connectivity index (χ0v) is 6.07. The Hall–Kier alpha value is 0.519. The summed E-state index contributed by atoms with van der Waals surface area (Å²) in [6.07, 6.45) is 5.54. The summed E-state index contributed by atoms with van der Waals surface area (Å²) in [5, 5.41) is 0. The first-order valence-corrected chi connectivity index (χ1v) is 2.91. The van der Waals surface area contributed by atoms with E-state index in [-0.39, 0.29) is 17.1 Å². The molecule has 0 saturated heterocycles. The van der Waals surface area contributed by atoms with Gasteiger partial charge in [0, 0.05) is 0 Å². The normalized spacial score (nSPS) is 7.71. The van der Waals surface area contributed by atoms with Crippen LogP contribution in [0.5, 0.6) is 0 Å². The number of hydrogen-bond donors (Lipinski definition) is 0. The largest absolute Gasteiger partial charge is 2.00 e. The molecule has 0 rings (SSSR count). The molecule has 0 fully saturated rings. The van der Waals surface area contributed by atoms with Crippen molar-refractivity contribution in [1.82, 2.24) is 0 Å². The Morgan fingerprint density at radius 3 is 1.29 bits per heavy atom. The van der Waals surface area contributed by atoms with Crippen molar-refractivity contribution < 1.29 is 17.1 Å². The predicted octanol–water partition coefficient (Wildman–Crippen LogP) is 2.58. The van der Waals surface area contributed by atoms with Crippen LogP contribution >= 0.6 is 0 Å². The SMILES string of the molecule is CCCCCC.[Cu+2]. The van der Waals surface area contributed by atoms with Crippen molar-refractivity contribution in [3.05, 3.63) is 0 Å². The minimum atomic E-state index is 0. The second-order valence-corrected chi connectivity index (χ2v) is 1.71. The number of rotatable bonds is 3. The predicted molar refractivity (Wildman–Crippen MR) is 29.8 cm³/mol. The molecule has 0 aliphatic rings. The van der Waals surface area contributed by atoms with Gasteiger partial charge < -0.3 is 0 Å². The third kappa shape index (κ3) is 10.8. The molecule has 0 saturated carbocycles. The van der Waals surface area contributed by atoms with Crippen LogP contribution in [0.15, 0.2) is 0 Å². The maximum Gasteiger partial charge on any atom is 2.00 e. The molecule has 7 heavy (non-hydrogen) atoms. The van der Waals surface area contributed by atoms with Crippen molar-refractivity contribution in [1.29, 1.82) is 0 Å². The second kappa shape index (κ2) is 9.72. The molecule has 0 spiro atoms. The van der Waals surface area contributed by atoms with Crippen LogP contribution in [-0.4, -0.2) is 0 Å². The first-order valence-electron chi connectivity index (χ1n) is 2.91. The van der Waals surface area contributed by atoms with E-state index in [1.165, 1.54) is 25.7 Å². The molecular weight excluding hydrogens is 136 g/mol. The van der Waals surface area contributed by atoms with Crippen LogP contribution in [0.3, 0.4) is 0 Å². The minimum absolute atomic E-state index is 0. The van der Waals surface area contributed by atoms with Crippen molar-refractivity contribution in [3.63, 3.8) is 0 Å². The van der Waals surface area contributed by atoms with Gasteiger partial charge in [-0.1, -0.05) is 39.5 Å². The molecule has 0 N–H and O–H groups in total. The summed E-state index contributed by atoms with van der Waals surface area (Å²) in [5.74, 6) is 0. The van der Waals surface area contributed by atoms with Crippen LogP contribution < -0.4 is 0 Å². The third-order valence-electron chi connectivity index (χ3n) is 0.957. The molecule has 47 valence electrons. The van der Waals surface area contributed by atoms with Crippen molar-refractivity contribution >= 4 is 0 Å². The fourth-order valence-electron chi connectivity index (χ4n) is 0.500. The summed E-state index contributed by atoms with van der Waals surface area (Å²) in [6, 6.07) is 0. The molecule has 1 radical (unpaired) electrons. The summed E-state index contributed by atoms with van der Waals surface area (Å²) in [5.41, 5.74) is 0. The molecule has 0 atom stereocenters. The Balaban J connectivity index is 0. The van der Waals surface area contributed by atoms with E-state index in [1.54, 1.807) is 0 Å². The van der Waals surface area contributed by atoms with Gasteiger partial charge in [-0.2, -0.15) is 0 Å². The zero-order chi connectivity index (χ0) is 4.83. The van der Waals surface area contributed by atoms with Gasteiger partial charge >= 0.3 is 17.1 Å².